The first-order valence-electron chi connectivity index (χ1n) is 6.93. The first-order valence-corrected chi connectivity index (χ1v) is 6.93. The summed E-state index contributed by atoms with van der Waals surface area (Å²) in [6, 6.07) is 5.21. The van der Waals surface area contributed by atoms with Crippen LogP contribution in [0.5, 0.6) is 0 Å². The smallest absolute Gasteiger partial charge is 0.138 e. The van der Waals surface area contributed by atoms with Crippen molar-refractivity contribution >= 4 is 0 Å². The standard InChI is InChI=1S/C15H21FN4/c1-4-5-17-14(9-15-18-10-19-20(15)3)12-6-11(2)7-13(16)8-12/h6-8,10,14,17H,4-5,9H2,1-3H3. The van der Waals surface area contributed by atoms with Gasteiger partial charge in [-0.25, -0.2) is 9.37 Å². The van der Waals surface area contributed by atoms with Crippen LogP contribution in [0.1, 0.15) is 36.3 Å². The Balaban J connectivity index is 2.24. The third kappa shape index (κ3) is 3.63. The maximum Gasteiger partial charge on any atom is 0.138 e. The minimum Gasteiger partial charge on any atom is -0.310 e. The largest absolute Gasteiger partial charge is 0.310 e. The topological polar surface area (TPSA) is 42.7 Å². The molecule has 0 fully saturated rings. The zero-order chi connectivity index (χ0) is 14.5. The number of halogens is 1. The van der Waals surface area contributed by atoms with Crippen molar-refractivity contribution in [3.05, 3.63) is 47.3 Å². The lowest BCUT2D eigenvalue weighted by atomic mass is 10.0. The third-order valence-electron chi connectivity index (χ3n) is 3.30. The van der Waals surface area contributed by atoms with Crippen LogP contribution < -0.4 is 5.32 Å². The summed E-state index contributed by atoms with van der Waals surface area (Å²) >= 11 is 0. The molecule has 0 aliphatic heterocycles. The molecule has 0 bridgehead atoms. The van der Waals surface area contributed by atoms with Gasteiger partial charge in [0.05, 0.1) is 0 Å². The highest BCUT2D eigenvalue weighted by Crippen LogP contribution is 2.20. The van der Waals surface area contributed by atoms with E-state index in [1.807, 2.05) is 20.0 Å². The summed E-state index contributed by atoms with van der Waals surface area (Å²) in [5.74, 6) is 0.696. The average molecular weight is 276 g/mol. The Morgan fingerprint density at radius 2 is 2.15 bits per heavy atom. The molecule has 0 aliphatic rings. The van der Waals surface area contributed by atoms with Gasteiger partial charge in [0.1, 0.15) is 18.0 Å². The second-order valence-corrected chi connectivity index (χ2v) is 5.07. The number of hydrogen-bond donors (Lipinski definition) is 1. The molecule has 20 heavy (non-hydrogen) atoms. The highest BCUT2D eigenvalue weighted by Gasteiger charge is 2.15. The molecule has 0 radical (unpaired) electrons. The molecule has 0 amide bonds. The molecule has 5 heteroatoms. The van der Waals surface area contributed by atoms with Crippen LogP contribution >= 0.6 is 0 Å². The molecule has 1 unspecified atom stereocenters. The summed E-state index contributed by atoms with van der Waals surface area (Å²) in [6.07, 6.45) is 3.27. The van der Waals surface area contributed by atoms with Gasteiger partial charge in [0.2, 0.25) is 0 Å². The Kier molecular flexibility index (Phi) is 4.84. The zero-order valence-electron chi connectivity index (χ0n) is 12.2. The summed E-state index contributed by atoms with van der Waals surface area (Å²) in [4.78, 5) is 4.25. The van der Waals surface area contributed by atoms with Crippen molar-refractivity contribution in [2.45, 2.75) is 32.7 Å². The van der Waals surface area contributed by atoms with Crippen LogP contribution in [0.3, 0.4) is 0 Å². The van der Waals surface area contributed by atoms with E-state index in [0.717, 1.165) is 29.9 Å². The van der Waals surface area contributed by atoms with Gasteiger partial charge in [-0.1, -0.05) is 13.0 Å². The molecule has 2 rings (SSSR count). The van der Waals surface area contributed by atoms with Crippen molar-refractivity contribution in [1.82, 2.24) is 20.1 Å². The van der Waals surface area contributed by atoms with Crippen LogP contribution in [0.15, 0.2) is 24.5 Å². The van der Waals surface area contributed by atoms with Gasteiger partial charge < -0.3 is 5.32 Å². The van der Waals surface area contributed by atoms with E-state index in [0.29, 0.717) is 6.42 Å². The Labute approximate surface area is 119 Å². The Hall–Kier alpha value is -1.75. The molecular formula is C15H21FN4. The van der Waals surface area contributed by atoms with Gasteiger partial charge in [-0.2, -0.15) is 5.10 Å². The van der Waals surface area contributed by atoms with Crippen molar-refractivity contribution in [3.8, 4) is 0 Å². The Morgan fingerprint density at radius 1 is 1.35 bits per heavy atom. The molecule has 0 spiro atoms. The first-order chi connectivity index (χ1) is 9.60. The normalized spacial score (nSPS) is 12.6. The van der Waals surface area contributed by atoms with Crippen molar-refractivity contribution in [1.29, 1.82) is 0 Å². The van der Waals surface area contributed by atoms with Crippen LogP contribution in [0.4, 0.5) is 4.39 Å². The fraction of sp³-hybridized carbons (Fsp3) is 0.467. The molecule has 0 saturated heterocycles. The molecular weight excluding hydrogens is 255 g/mol. The second kappa shape index (κ2) is 6.61. The lowest BCUT2D eigenvalue weighted by Gasteiger charge is -2.19. The molecule has 1 N–H and O–H groups in total. The first kappa shape index (κ1) is 14.7. The van der Waals surface area contributed by atoms with Gasteiger partial charge in [0.25, 0.3) is 0 Å². The van der Waals surface area contributed by atoms with E-state index in [1.54, 1.807) is 23.1 Å². The van der Waals surface area contributed by atoms with Crippen molar-refractivity contribution in [2.75, 3.05) is 6.54 Å². The highest BCUT2D eigenvalue weighted by atomic mass is 19.1. The zero-order valence-corrected chi connectivity index (χ0v) is 12.2. The molecule has 1 aromatic carbocycles. The number of aryl methyl sites for hydroxylation is 2. The Bertz CT molecular complexity index is 545. The lowest BCUT2D eigenvalue weighted by molar-refractivity contribution is 0.502. The number of benzene rings is 1. The van der Waals surface area contributed by atoms with Gasteiger partial charge in [0.15, 0.2) is 0 Å². The van der Waals surface area contributed by atoms with Crippen molar-refractivity contribution in [2.24, 2.45) is 7.05 Å². The van der Waals surface area contributed by atoms with Gasteiger partial charge in [-0.3, -0.25) is 4.68 Å². The minimum absolute atomic E-state index is 0.0484. The lowest BCUT2D eigenvalue weighted by Crippen LogP contribution is -2.25. The number of rotatable bonds is 6. The van der Waals surface area contributed by atoms with Gasteiger partial charge >= 0.3 is 0 Å². The fourth-order valence-electron chi connectivity index (χ4n) is 2.28. The monoisotopic (exact) mass is 276 g/mol. The summed E-state index contributed by atoms with van der Waals surface area (Å²) in [7, 11) is 1.87. The molecule has 0 aliphatic carbocycles. The van der Waals surface area contributed by atoms with Crippen molar-refractivity contribution in [3.63, 3.8) is 0 Å². The maximum absolute atomic E-state index is 13.6. The number of nitrogens with zero attached hydrogens (tertiary/aromatic N) is 3. The summed E-state index contributed by atoms with van der Waals surface area (Å²) in [5, 5.41) is 7.54. The summed E-state index contributed by atoms with van der Waals surface area (Å²) in [5.41, 5.74) is 1.89. The predicted octanol–water partition coefficient (Wildman–Crippen LogP) is 2.55. The van der Waals surface area contributed by atoms with Gasteiger partial charge in [-0.15, -0.1) is 0 Å². The van der Waals surface area contributed by atoms with Gasteiger partial charge in [0, 0.05) is 19.5 Å². The molecule has 1 aromatic heterocycles. The van der Waals surface area contributed by atoms with E-state index in [9.17, 15) is 4.39 Å². The van der Waals surface area contributed by atoms with E-state index >= 15 is 0 Å². The third-order valence-corrected chi connectivity index (χ3v) is 3.30. The van der Waals surface area contributed by atoms with Gasteiger partial charge in [-0.05, 0) is 43.1 Å². The number of aromatic nitrogens is 3. The van der Waals surface area contributed by atoms with Crippen LogP contribution in [0.25, 0.3) is 0 Å². The van der Waals surface area contributed by atoms with E-state index in [-0.39, 0.29) is 11.9 Å². The molecule has 108 valence electrons. The second-order valence-electron chi connectivity index (χ2n) is 5.07. The molecule has 4 nitrogen and oxygen atoms in total. The Morgan fingerprint density at radius 3 is 2.75 bits per heavy atom. The number of hydrogen-bond acceptors (Lipinski definition) is 3. The van der Waals surface area contributed by atoms with Crippen LogP contribution in [0, 0.1) is 12.7 Å². The van der Waals surface area contributed by atoms with E-state index in [2.05, 4.69) is 22.3 Å². The summed E-state index contributed by atoms with van der Waals surface area (Å²) in [6.45, 7) is 4.91. The quantitative estimate of drug-likeness (QED) is 0.881. The van der Waals surface area contributed by atoms with Crippen LogP contribution in [0.2, 0.25) is 0 Å². The van der Waals surface area contributed by atoms with Crippen molar-refractivity contribution < 1.29 is 4.39 Å². The van der Waals surface area contributed by atoms with E-state index < -0.39 is 0 Å². The average Bonchev–Trinajstić information content (AvgIpc) is 2.78. The highest BCUT2D eigenvalue weighted by molar-refractivity contribution is 5.27. The van der Waals surface area contributed by atoms with Crippen LogP contribution in [-0.4, -0.2) is 21.3 Å². The molecule has 1 heterocycles. The maximum atomic E-state index is 13.6. The fourth-order valence-corrected chi connectivity index (χ4v) is 2.28. The molecule has 2 aromatic rings. The minimum atomic E-state index is -0.193. The van der Waals surface area contributed by atoms with E-state index in [1.165, 1.54) is 0 Å². The number of nitrogens with one attached hydrogen (secondary N) is 1. The van der Waals surface area contributed by atoms with Crippen LogP contribution in [-0.2, 0) is 13.5 Å². The molecule has 1 atom stereocenters. The molecule has 0 saturated carbocycles. The SMILES string of the molecule is CCCNC(Cc1ncnn1C)c1cc(C)cc(F)c1. The van der Waals surface area contributed by atoms with E-state index in [4.69, 9.17) is 0 Å². The summed E-state index contributed by atoms with van der Waals surface area (Å²) < 4.78 is 15.4. The predicted molar refractivity (Wildman–Crippen MR) is 76.9 cm³/mol.